The first kappa shape index (κ1) is 9.88. The molecule has 0 rings (SSSR count). The van der Waals surface area contributed by atoms with Crippen LogP contribution in [0.2, 0.25) is 0 Å². The molecule has 0 aromatic rings. The van der Waals surface area contributed by atoms with Gasteiger partial charge in [-0.3, -0.25) is 0 Å². The minimum atomic E-state index is -0.251. The van der Waals surface area contributed by atoms with E-state index in [4.69, 9.17) is 15.6 Å². The van der Waals surface area contributed by atoms with Gasteiger partial charge >= 0.3 is 0 Å². The largest absolute Gasteiger partial charge is 0.395 e. The minimum absolute atomic E-state index is 0.0178. The maximum atomic E-state index is 8.53. The molecule has 0 spiro atoms. The van der Waals surface area contributed by atoms with Gasteiger partial charge in [0.1, 0.15) is 0 Å². The molecule has 0 radical (unpaired) electrons. The molecule has 0 saturated heterocycles. The fourth-order valence-corrected chi connectivity index (χ4v) is 0.410. The van der Waals surface area contributed by atoms with E-state index in [1.54, 1.807) is 0 Å². The van der Waals surface area contributed by atoms with Crippen LogP contribution in [0.5, 0.6) is 0 Å². The van der Waals surface area contributed by atoms with Gasteiger partial charge in [-0.1, -0.05) is 0 Å². The topological polar surface area (TPSA) is 55.5 Å². The van der Waals surface area contributed by atoms with E-state index in [1.807, 2.05) is 20.8 Å². The monoisotopic (exact) mass is 147 g/mol. The molecule has 3 nitrogen and oxygen atoms in total. The summed E-state index contributed by atoms with van der Waals surface area (Å²) in [6.45, 7) is 6.27. The summed E-state index contributed by atoms with van der Waals surface area (Å²) < 4.78 is 5.30. The molecule has 0 aliphatic carbocycles. The van der Waals surface area contributed by atoms with Crippen molar-refractivity contribution >= 4 is 0 Å². The molecule has 3 heteroatoms. The van der Waals surface area contributed by atoms with E-state index < -0.39 is 0 Å². The first-order valence-corrected chi connectivity index (χ1v) is 3.46. The second-order valence-corrected chi connectivity index (χ2v) is 3.37. The highest BCUT2D eigenvalue weighted by molar-refractivity contribution is 4.63. The van der Waals surface area contributed by atoms with Gasteiger partial charge in [0, 0.05) is 0 Å². The Balaban J connectivity index is 3.36. The number of aliphatic hydroxyl groups is 1. The average molecular weight is 147 g/mol. The van der Waals surface area contributed by atoms with Crippen molar-refractivity contribution in [2.24, 2.45) is 5.73 Å². The van der Waals surface area contributed by atoms with Gasteiger partial charge in [0.15, 0.2) is 0 Å². The fourth-order valence-electron chi connectivity index (χ4n) is 0.410. The van der Waals surface area contributed by atoms with E-state index in [-0.39, 0.29) is 18.2 Å². The maximum Gasteiger partial charge on any atom is 0.0647 e. The Labute approximate surface area is 62.2 Å². The van der Waals surface area contributed by atoms with Gasteiger partial charge in [0.25, 0.3) is 0 Å². The Kier molecular flexibility index (Phi) is 3.86. The molecule has 62 valence electrons. The predicted octanol–water partition coefficient (Wildman–Crippen LogP) is 0.121. The zero-order chi connectivity index (χ0) is 8.20. The number of nitrogens with two attached hydrogens (primary N) is 1. The van der Waals surface area contributed by atoms with Crippen LogP contribution >= 0.6 is 0 Å². The lowest BCUT2D eigenvalue weighted by molar-refractivity contribution is -0.0158. The highest BCUT2D eigenvalue weighted by Gasteiger charge is 2.11. The quantitative estimate of drug-likeness (QED) is 0.596. The summed E-state index contributed by atoms with van der Waals surface area (Å²) in [6.07, 6.45) is 0. The first-order chi connectivity index (χ1) is 4.45. The van der Waals surface area contributed by atoms with Crippen LogP contribution in [-0.2, 0) is 4.74 Å². The second kappa shape index (κ2) is 3.91. The van der Waals surface area contributed by atoms with Crippen molar-refractivity contribution in [3.05, 3.63) is 0 Å². The average Bonchev–Trinajstić information content (AvgIpc) is 1.81. The smallest absolute Gasteiger partial charge is 0.0647 e. The van der Waals surface area contributed by atoms with Gasteiger partial charge in [-0.25, -0.2) is 0 Å². The molecular weight excluding hydrogens is 130 g/mol. The second-order valence-electron chi connectivity index (χ2n) is 3.37. The van der Waals surface area contributed by atoms with Crippen molar-refractivity contribution in [3.8, 4) is 0 Å². The van der Waals surface area contributed by atoms with Crippen LogP contribution in [0.25, 0.3) is 0 Å². The predicted molar refractivity (Wildman–Crippen MR) is 40.8 cm³/mol. The van der Waals surface area contributed by atoms with Crippen molar-refractivity contribution in [1.29, 1.82) is 0 Å². The van der Waals surface area contributed by atoms with Crippen LogP contribution in [0.4, 0.5) is 0 Å². The zero-order valence-electron chi connectivity index (χ0n) is 6.92. The molecule has 0 aromatic carbocycles. The lowest BCUT2D eigenvalue weighted by atomic mass is 10.2. The summed E-state index contributed by atoms with van der Waals surface area (Å²) in [7, 11) is 0. The summed E-state index contributed by atoms with van der Waals surface area (Å²) in [6, 6.07) is -0.251. The van der Waals surface area contributed by atoms with Crippen molar-refractivity contribution in [3.63, 3.8) is 0 Å². The first-order valence-electron chi connectivity index (χ1n) is 3.46. The van der Waals surface area contributed by atoms with Gasteiger partial charge in [0.2, 0.25) is 0 Å². The van der Waals surface area contributed by atoms with Gasteiger partial charge in [-0.15, -0.1) is 0 Å². The third-order valence-corrected chi connectivity index (χ3v) is 0.965. The summed E-state index contributed by atoms with van der Waals surface area (Å²) >= 11 is 0. The summed E-state index contributed by atoms with van der Waals surface area (Å²) in [5.74, 6) is 0. The molecule has 0 fully saturated rings. The van der Waals surface area contributed by atoms with E-state index in [0.717, 1.165) is 0 Å². The molecule has 0 heterocycles. The molecular formula is C7H17NO2. The molecule has 1 atom stereocenters. The third-order valence-electron chi connectivity index (χ3n) is 0.965. The molecule has 0 aliphatic rings. The minimum Gasteiger partial charge on any atom is -0.395 e. The third kappa shape index (κ3) is 6.01. The summed E-state index contributed by atoms with van der Waals surface area (Å²) in [4.78, 5) is 0. The summed E-state index contributed by atoms with van der Waals surface area (Å²) in [5.41, 5.74) is 5.25. The van der Waals surface area contributed by atoms with E-state index in [2.05, 4.69) is 0 Å². The van der Waals surface area contributed by atoms with Gasteiger partial charge < -0.3 is 15.6 Å². The van der Waals surface area contributed by atoms with E-state index in [1.165, 1.54) is 0 Å². The van der Waals surface area contributed by atoms with Crippen molar-refractivity contribution < 1.29 is 9.84 Å². The van der Waals surface area contributed by atoms with Gasteiger partial charge in [-0.05, 0) is 20.8 Å². The lowest BCUT2D eigenvalue weighted by Crippen LogP contribution is -2.34. The molecule has 0 aliphatic heterocycles. The maximum absolute atomic E-state index is 8.53. The van der Waals surface area contributed by atoms with Crippen LogP contribution in [0, 0.1) is 0 Å². The van der Waals surface area contributed by atoms with E-state index in [0.29, 0.717) is 6.61 Å². The SMILES string of the molecule is CC(C)(C)OCC(N)CO. The number of rotatable bonds is 3. The Bertz CT molecular complexity index is 88.1. The van der Waals surface area contributed by atoms with E-state index in [9.17, 15) is 0 Å². The molecule has 0 aromatic heterocycles. The van der Waals surface area contributed by atoms with Crippen LogP contribution in [0.15, 0.2) is 0 Å². The van der Waals surface area contributed by atoms with Crippen LogP contribution in [0.3, 0.4) is 0 Å². The Morgan fingerprint density at radius 1 is 1.50 bits per heavy atom. The zero-order valence-corrected chi connectivity index (χ0v) is 6.92. The molecule has 10 heavy (non-hydrogen) atoms. The highest BCUT2D eigenvalue weighted by atomic mass is 16.5. The number of hydrogen-bond acceptors (Lipinski definition) is 3. The molecule has 3 N–H and O–H groups in total. The molecule has 0 amide bonds. The molecule has 1 unspecified atom stereocenters. The normalized spacial score (nSPS) is 15.3. The number of hydrogen-bond donors (Lipinski definition) is 2. The van der Waals surface area contributed by atoms with Crippen molar-refractivity contribution in [1.82, 2.24) is 0 Å². The molecule has 0 saturated carbocycles. The number of aliphatic hydroxyl groups excluding tert-OH is 1. The van der Waals surface area contributed by atoms with Gasteiger partial charge in [0.05, 0.1) is 24.9 Å². The van der Waals surface area contributed by atoms with Crippen molar-refractivity contribution in [2.45, 2.75) is 32.4 Å². The van der Waals surface area contributed by atoms with Crippen molar-refractivity contribution in [2.75, 3.05) is 13.2 Å². The Hall–Kier alpha value is -0.120. The fraction of sp³-hybridized carbons (Fsp3) is 1.00. The van der Waals surface area contributed by atoms with E-state index >= 15 is 0 Å². The molecule has 0 bridgehead atoms. The van der Waals surface area contributed by atoms with Gasteiger partial charge in [-0.2, -0.15) is 0 Å². The van der Waals surface area contributed by atoms with Crippen LogP contribution in [0.1, 0.15) is 20.8 Å². The standard InChI is InChI=1S/C7H17NO2/c1-7(2,3)10-5-6(8)4-9/h6,9H,4-5,8H2,1-3H3. The highest BCUT2D eigenvalue weighted by Crippen LogP contribution is 2.05. The van der Waals surface area contributed by atoms with Crippen LogP contribution in [-0.4, -0.2) is 30.0 Å². The Morgan fingerprint density at radius 2 is 2.00 bits per heavy atom. The summed E-state index contributed by atoms with van der Waals surface area (Å²) in [5, 5.41) is 8.53. The van der Waals surface area contributed by atoms with Crippen LogP contribution < -0.4 is 5.73 Å². The lowest BCUT2D eigenvalue weighted by Gasteiger charge is -2.21. The number of ether oxygens (including phenoxy) is 1. The Morgan fingerprint density at radius 3 is 2.30 bits per heavy atom.